The average Bonchev–Trinajstić information content (AvgIpc) is 2.52. The number of ether oxygens (including phenoxy) is 1. The van der Waals surface area contributed by atoms with Crippen LogP contribution in [0, 0.1) is 11.3 Å². The smallest absolute Gasteiger partial charge is 0.223 e. The Morgan fingerprint density at radius 2 is 2.10 bits per heavy atom. The van der Waals surface area contributed by atoms with Gasteiger partial charge < -0.3 is 15.0 Å². The number of amides is 1. The van der Waals surface area contributed by atoms with Crippen molar-refractivity contribution < 1.29 is 9.53 Å². The van der Waals surface area contributed by atoms with Crippen molar-refractivity contribution >= 4 is 5.91 Å². The van der Waals surface area contributed by atoms with Gasteiger partial charge in [-0.05, 0) is 31.5 Å². The van der Waals surface area contributed by atoms with Gasteiger partial charge in [-0.15, -0.1) is 0 Å². The predicted octanol–water partition coefficient (Wildman–Crippen LogP) is 1.91. The zero-order valence-corrected chi connectivity index (χ0v) is 13.0. The van der Waals surface area contributed by atoms with Gasteiger partial charge in [0.05, 0.1) is 12.7 Å². The molecule has 21 heavy (non-hydrogen) atoms. The summed E-state index contributed by atoms with van der Waals surface area (Å²) < 4.78 is 5.17. The number of hydrogen-bond acceptors (Lipinski definition) is 4. The van der Waals surface area contributed by atoms with E-state index in [1.165, 1.54) is 0 Å². The van der Waals surface area contributed by atoms with E-state index in [4.69, 9.17) is 10.00 Å². The van der Waals surface area contributed by atoms with Crippen molar-refractivity contribution in [3.63, 3.8) is 0 Å². The molecule has 0 saturated carbocycles. The molecule has 5 nitrogen and oxygen atoms in total. The Balaban J connectivity index is 2.43. The molecule has 0 unspecified atom stereocenters. The minimum atomic E-state index is 0.171. The molecule has 0 bridgehead atoms. The van der Waals surface area contributed by atoms with Gasteiger partial charge >= 0.3 is 0 Å². The lowest BCUT2D eigenvalue weighted by atomic mass is 10.1. The first-order valence-corrected chi connectivity index (χ1v) is 7.21. The molecule has 0 spiro atoms. The van der Waals surface area contributed by atoms with Crippen LogP contribution in [0.15, 0.2) is 18.2 Å². The Labute approximate surface area is 126 Å². The topological polar surface area (TPSA) is 65.4 Å². The number of carbonyl (C=O) groups excluding carboxylic acids is 1. The molecule has 5 heteroatoms. The summed E-state index contributed by atoms with van der Waals surface area (Å²) in [6, 6.07) is 7.57. The van der Waals surface area contributed by atoms with Crippen LogP contribution in [0.1, 0.15) is 31.4 Å². The fraction of sp³-hybridized carbons (Fsp3) is 0.500. The van der Waals surface area contributed by atoms with E-state index >= 15 is 0 Å². The largest absolute Gasteiger partial charge is 0.495 e. The maximum atomic E-state index is 11.8. The van der Waals surface area contributed by atoms with Gasteiger partial charge in [0, 0.05) is 32.6 Å². The molecule has 0 aromatic heterocycles. The molecule has 114 valence electrons. The van der Waals surface area contributed by atoms with Crippen LogP contribution in [0.2, 0.25) is 0 Å². The van der Waals surface area contributed by atoms with E-state index in [-0.39, 0.29) is 5.91 Å². The second-order valence-electron chi connectivity index (χ2n) is 4.64. The maximum absolute atomic E-state index is 11.8. The van der Waals surface area contributed by atoms with Crippen molar-refractivity contribution in [2.75, 3.05) is 26.7 Å². The van der Waals surface area contributed by atoms with Crippen LogP contribution in [0.25, 0.3) is 0 Å². The summed E-state index contributed by atoms with van der Waals surface area (Å²) in [5.41, 5.74) is 1.55. The Hall–Kier alpha value is -2.06. The standard InChI is InChI=1S/C16H23N3O2/c1-4-19(5-2)16(20)8-9-18-12-13-6-7-14(11-17)15(10-13)21-3/h6-7,10,18H,4-5,8-9,12H2,1-3H3. The molecule has 1 aromatic carbocycles. The van der Waals surface area contributed by atoms with E-state index in [9.17, 15) is 4.79 Å². The van der Waals surface area contributed by atoms with Gasteiger partial charge in [0.15, 0.2) is 0 Å². The minimum absolute atomic E-state index is 0.171. The van der Waals surface area contributed by atoms with Crippen LogP contribution >= 0.6 is 0 Å². The van der Waals surface area contributed by atoms with Crippen molar-refractivity contribution in [1.82, 2.24) is 10.2 Å². The molecule has 0 radical (unpaired) electrons. The first-order chi connectivity index (χ1) is 10.2. The maximum Gasteiger partial charge on any atom is 0.223 e. The summed E-state index contributed by atoms with van der Waals surface area (Å²) in [5, 5.41) is 12.2. The highest BCUT2D eigenvalue weighted by atomic mass is 16.5. The third-order valence-electron chi connectivity index (χ3n) is 3.35. The van der Waals surface area contributed by atoms with Gasteiger partial charge in [-0.3, -0.25) is 4.79 Å². The molecule has 1 amide bonds. The van der Waals surface area contributed by atoms with Gasteiger partial charge in [-0.2, -0.15) is 5.26 Å². The molecular weight excluding hydrogens is 266 g/mol. The molecule has 0 atom stereocenters. The van der Waals surface area contributed by atoms with Crippen molar-refractivity contribution in [3.8, 4) is 11.8 Å². The van der Waals surface area contributed by atoms with E-state index in [0.29, 0.717) is 30.8 Å². The van der Waals surface area contributed by atoms with Gasteiger partial charge in [0.1, 0.15) is 11.8 Å². The average molecular weight is 289 g/mol. The van der Waals surface area contributed by atoms with Crippen LogP contribution in [0.4, 0.5) is 0 Å². The van der Waals surface area contributed by atoms with Crippen LogP contribution < -0.4 is 10.1 Å². The Morgan fingerprint density at radius 1 is 1.38 bits per heavy atom. The van der Waals surface area contributed by atoms with E-state index in [1.54, 1.807) is 13.2 Å². The normalized spacial score (nSPS) is 10.0. The van der Waals surface area contributed by atoms with Crippen LogP contribution in [0.3, 0.4) is 0 Å². The number of benzene rings is 1. The number of carbonyl (C=O) groups is 1. The molecule has 1 N–H and O–H groups in total. The fourth-order valence-corrected chi connectivity index (χ4v) is 2.10. The number of nitrogens with one attached hydrogen (secondary N) is 1. The van der Waals surface area contributed by atoms with Crippen LogP contribution in [-0.2, 0) is 11.3 Å². The lowest BCUT2D eigenvalue weighted by Crippen LogP contribution is -2.32. The summed E-state index contributed by atoms with van der Waals surface area (Å²) in [6.45, 7) is 6.76. The fourth-order valence-electron chi connectivity index (χ4n) is 2.10. The first kappa shape index (κ1) is 17.0. The monoisotopic (exact) mass is 289 g/mol. The minimum Gasteiger partial charge on any atom is -0.495 e. The molecule has 0 saturated heterocycles. The van der Waals surface area contributed by atoms with Crippen molar-refractivity contribution in [2.24, 2.45) is 0 Å². The Morgan fingerprint density at radius 3 is 2.67 bits per heavy atom. The third kappa shape index (κ3) is 5.09. The predicted molar refractivity (Wildman–Crippen MR) is 82.0 cm³/mol. The molecule has 1 aromatic rings. The number of methoxy groups -OCH3 is 1. The van der Waals surface area contributed by atoms with E-state index in [2.05, 4.69) is 11.4 Å². The second kappa shape index (κ2) is 8.98. The zero-order valence-electron chi connectivity index (χ0n) is 13.0. The van der Waals surface area contributed by atoms with E-state index < -0.39 is 0 Å². The van der Waals surface area contributed by atoms with E-state index in [1.807, 2.05) is 30.9 Å². The second-order valence-corrected chi connectivity index (χ2v) is 4.64. The molecule has 0 aliphatic carbocycles. The van der Waals surface area contributed by atoms with Crippen LogP contribution in [0.5, 0.6) is 5.75 Å². The van der Waals surface area contributed by atoms with Gasteiger partial charge in [-0.25, -0.2) is 0 Å². The molecule has 0 fully saturated rings. The van der Waals surface area contributed by atoms with Gasteiger partial charge in [0.2, 0.25) is 5.91 Å². The molecular formula is C16H23N3O2. The number of nitrogens with zero attached hydrogens (tertiary/aromatic N) is 2. The van der Waals surface area contributed by atoms with E-state index in [0.717, 1.165) is 18.7 Å². The number of rotatable bonds is 8. The lowest BCUT2D eigenvalue weighted by Gasteiger charge is -2.18. The summed E-state index contributed by atoms with van der Waals surface area (Å²) >= 11 is 0. The molecule has 0 aliphatic heterocycles. The number of hydrogen-bond donors (Lipinski definition) is 1. The summed E-state index contributed by atoms with van der Waals surface area (Å²) in [6.07, 6.45) is 0.495. The molecule has 0 heterocycles. The third-order valence-corrected chi connectivity index (χ3v) is 3.35. The highest BCUT2D eigenvalue weighted by molar-refractivity contribution is 5.76. The highest BCUT2D eigenvalue weighted by Crippen LogP contribution is 2.18. The first-order valence-electron chi connectivity index (χ1n) is 7.21. The Bertz CT molecular complexity index is 505. The van der Waals surface area contributed by atoms with Crippen molar-refractivity contribution in [2.45, 2.75) is 26.8 Å². The summed E-state index contributed by atoms with van der Waals surface area (Å²) in [4.78, 5) is 13.7. The van der Waals surface area contributed by atoms with Crippen LogP contribution in [-0.4, -0.2) is 37.6 Å². The molecule has 0 aliphatic rings. The summed E-state index contributed by atoms with van der Waals surface area (Å²) in [5.74, 6) is 0.751. The van der Waals surface area contributed by atoms with Crippen molar-refractivity contribution in [3.05, 3.63) is 29.3 Å². The van der Waals surface area contributed by atoms with Crippen molar-refractivity contribution in [1.29, 1.82) is 5.26 Å². The zero-order chi connectivity index (χ0) is 15.7. The summed E-state index contributed by atoms with van der Waals surface area (Å²) in [7, 11) is 1.55. The number of nitriles is 1. The molecule has 1 rings (SSSR count). The van der Waals surface area contributed by atoms with Gasteiger partial charge in [-0.1, -0.05) is 6.07 Å². The van der Waals surface area contributed by atoms with Gasteiger partial charge in [0.25, 0.3) is 0 Å². The quantitative estimate of drug-likeness (QED) is 0.743. The SMILES string of the molecule is CCN(CC)C(=O)CCNCc1ccc(C#N)c(OC)c1. The lowest BCUT2D eigenvalue weighted by molar-refractivity contribution is -0.130. The highest BCUT2D eigenvalue weighted by Gasteiger charge is 2.08. The Kier molecular flexibility index (Phi) is 7.27.